The molecule has 0 spiro atoms. The highest BCUT2D eigenvalue weighted by Crippen LogP contribution is 2.30. The van der Waals surface area contributed by atoms with Crippen molar-refractivity contribution in [3.8, 4) is 11.5 Å². The Balaban J connectivity index is 1.87. The molecule has 2 aromatic rings. The van der Waals surface area contributed by atoms with Crippen molar-refractivity contribution in [2.75, 3.05) is 25.1 Å². The van der Waals surface area contributed by atoms with Crippen LogP contribution >= 0.6 is 11.6 Å². The Bertz CT molecular complexity index is 795. The Labute approximate surface area is 163 Å². The van der Waals surface area contributed by atoms with Crippen LogP contribution < -0.4 is 20.1 Å². The molecule has 2 amide bonds. The SMILES string of the molecule is CCOc1ccc(NC(=O)CCNC(=O)c2ccccc2Cl)cc1OCC. The summed E-state index contributed by atoms with van der Waals surface area (Å²) in [5.41, 5.74) is 0.983. The summed E-state index contributed by atoms with van der Waals surface area (Å²) in [4.78, 5) is 24.2. The Morgan fingerprint density at radius 3 is 2.41 bits per heavy atom. The molecule has 0 fully saturated rings. The maximum atomic E-state index is 12.1. The van der Waals surface area contributed by atoms with E-state index in [2.05, 4.69) is 10.6 Å². The largest absolute Gasteiger partial charge is 0.490 e. The van der Waals surface area contributed by atoms with Crippen LogP contribution in [-0.4, -0.2) is 31.6 Å². The number of halogens is 1. The summed E-state index contributed by atoms with van der Waals surface area (Å²) >= 11 is 5.98. The zero-order valence-corrected chi connectivity index (χ0v) is 16.1. The Morgan fingerprint density at radius 1 is 1.00 bits per heavy atom. The number of benzene rings is 2. The van der Waals surface area contributed by atoms with Gasteiger partial charge in [0.2, 0.25) is 5.91 Å². The highest BCUT2D eigenvalue weighted by Gasteiger charge is 2.11. The lowest BCUT2D eigenvalue weighted by Crippen LogP contribution is -2.27. The molecule has 0 bridgehead atoms. The van der Waals surface area contributed by atoms with Crippen LogP contribution in [0.3, 0.4) is 0 Å². The van der Waals surface area contributed by atoms with Crippen molar-refractivity contribution in [2.45, 2.75) is 20.3 Å². The topological polar surface area (TPSA) is 76.7 Å². The molecule has 0 radical (unpaired) electrons. The van der Waals surface area contributed by atoms with E-state index in [-0.39, 0.29) is 24.8 Å². The summed E-state index contributed by atoms with van der Waals surface area (Å²) < 4.78 is 11.0. The zero-order valence-electron chi connectivity index (χ0n) is 15.4. The van der Waals surface area contributed by atoms with Gasteiger partial charge in [0.1, 0.15) is 0 Å². The second kappa shape index (κ2) is 10.4. The van der Waals surface area contributed by atoms with Gasteiger partial charge in [-0.25, -0.2) is 0 Å². The van der Waals surface area contributed by atoms with E-state index < -0.39 is 0 Å². The van der Waals surface area contributed by atoms with Crippen molar-refractivity contribution in [3.05, 3.63) is 53.1 Å². The third-order valence-corrected chi connectivity index (χ3v) is 3.91. The lowest BCUT2D eigenvalue weighted by molar-refractivity contribution is -0.116. The van der Waals surface area contributed by atoms with Gasteiger partial charge in [-0.15, -0.1) is 0 Å². The van der Waals surface area contributed by atoms with Gasteiger partial charge in [-0.2, -0.15) is 0 Å². The van der Waals surface area contributed by atoms with Crippen molar-refractivity contribution in [1.82, 2.24) is 5.32 Å². The number of hydrogen-bond donors (Lipinski definition) is 2. The zero-order chi connectivity index (χ0) is 19.6. The number of carbonyl (C=O) groups is 2. The maximum Gasteiger partial charge on any atom is 0.252 e. The van der Waals surface area contributed by atoms with Crippen LogP contribution in [0.15, 0.2) is 42.5 Å². The summed E-state index contributed by atoms with van der Waals surface area (Å²) in [6.45, 7) is 4.98. The number of hydrogen-bond acceptors (Lipinski definition) is 4. The van der Waals surface area contributed by atoms with E-state index >= 15 is 0 Å². The maximum absolute atomic E-state index is 12.1. The second-order valence-corrected chi connectivity index (χ2v) is 5.97. The normalized spacial score (nSPS) is 10.2. The number of anilines is 1. The van der Waals surface area contributed by atoms with Crippen LogP contribution in [0.2, 0.25) is 5.02 Å². The van der Waals surface area contributed by atoms with E-state index in [0.717, 1.165) is 0 Å². The first-order valence-corrected chi connectivity index (χ1v) is 9.15. The Kier molecular flexibility index (Phi) is 7.95. The molecule has 0 aliphatic heterocycles. The standard InChI is InChI=1S/C20H23ClN2O4/c1-3-26-17-10-9-14(13-18(17)27-4-2)23-19(24)11-12-22-20(25)15-7-5-6-8-16(15)21/h5-10,13H,3-4,11-12H2,1-2H3,(H,22,25)(H,23,24). The molecular formula is C20H23ClN2O4. The van der Waals surface area contributed by atoms with Crippen molar-refractivity contribution < 1.29 is 19.1 Å². The Hall–Kier alpha value is -2.73. The summed E-state index contributed by atoms with van der Waals surface area (Å²) in [5.74, 6) is 0.669. The third-order valence-electron chi connectivity index (χ3n) is 3.58. The average Bonchev–Trinajstić information content (AvgIpc) is 2.64. The fourth-order valence-corrected chi connectivity index (χ4v) is 2.60. The first-order valence-electron chi connectivity index (χ1n) is 8.77. The fraction of sp³-hybridized carbons (Fsp3) is 0.300. The fourth-order valence-electron chi connectivity index (χ4n) is 2.38. The van der Waals surface area contributed by atoms with Crippen LogP contribution in [0.5, 0.6) is 11.5 Å². The van der Waals surface area contributed by atoms with Gasteiger partial charge in [0.05, 0.1) is 23.8 Å². The molecule has 2 N–H and O–H groups in total. The van der Waals surface area contributed by atoms with E-state index in [9.17, 15) is 9.59 Å². The molecule has 0 aliphatic carbocycles. The van der Waals surface area contributed by atoms with Crippen LogP contribution in [0.1, 0.15) is 30.6 Å². The van der Waals surface area contributed by atoms with E-state index in [1.54, 1.807) is 42.5 Å². The summed E-state index contributed by atoms with van der Waals surface area (Å²) in [7, 11) is 0. The molecule has 0 aromatic heterocycles. The highest BCUT2D eigenvalue weighted by molar-refractivity contribution is 6.33. The lowest BCUT2D eigenvalue weighted by atomic mass is 10.2. The molecule has 0 atom stereocenters. The molecule has 144 valence electrons. The van der Waals surface area contributed by atoms with Gasteiger partial charge in [-0.3, -0.25) is 9.59 Å². The Morgan fingerprint density at radius 2 is 1.70 bits per heavy atom. The van der Waals surface area contributed by atoms with Gasteiger partial charge >= 0.3 is 0 Å². The van der Waals surface area contributed by atoms with Crippen molar-refractivity contribution in [2.24, 2.45) is 0 Å². The first-order chi connectivity index (χ1) is 13.0. The smallest absolute Gasteiger partial charge is 0.252 e. The van der Waals surface area contributed by atoms with Gasteiger partial charge in [-0.1, -0.05) is 23.7 Å². The van der Waals surface area contributed by atoms with Gasteiger partial charge in [0.25, 0.3) is 5.91 Å². The molecule has 0 aliphatic rings. The molecule has 2 aromatic carbocycles. The molecule has 0 unspecified atom stereocenters. The molecule has 0 saturated carbocycles. The average molecular weight is 391 g/mol. The molecule has 0 saturated heterocycles. The van der Waals surface area contributed by atoms with Crippen LogP contribution in [-0.2, 0) is 4.79 Å². The highest BCUT2D eigenvalue weighted by atomic mass is 35.5. The molecule has 27 heavy (non-hydrogen) atoms. The van der Waals surface area contributed by atoms with Crippen molar-refractivity contribution >= 4 is 29.1 Å². The van der Waals surface area contributed by atoms with E-state index in [0.29, 0.717) is 41.0 Å². The second-order valence-electron chi connectivity index (χ2n) is 5.56. The first kappa shape index (κ1) is 20.6. The van der Waals surface area contributed by atoms with Crippen molar-refractivity contribution in [1.29, 1.82) is 0 Å². The minimum Gasteiger partial charge on any atom is -0.490 e. The monoisotopic (exact) mass is 390 g/mol. The predicted octanol–water partition coefficient (Wildman–Crippen LogP) is 3.90. The molecule has 2 rings (SSSR count). The van der Waals surface area contributed by atoms with Crippen molar-refractivity contribution in [3.63, 3.8) is 0 Å². The van der Waals surface area contributed by atoms with Gasteiger partial charge < -0.3 is 20.1 Å². The van der Waals surface area contributed by atoms with Gasteiger partial charge in [-0.05, 0) is 38.1 Å². The third kappa shape index (κ3) is 6.18. The minimum absolute atomic E-state index is 0.132. The molecule has 6 nitrogen and oxygen atoms in total. The molecule has 0 heterocycles. The number of carbonyl (C=O) groups excluding carboxylic acids is 2. The summed E-state index contributed by atoms with van der Waals surface area (Å²) in [6, 6.07) is 12.0. The van der Waals surface area contributed by atoms with Gasteiger partial charge in [0, 0.05) is 24.7 Å². The van der Waals surface area contributed by atoms with Gasteiger partial charge in [0.15, 0.2) is 11.5 Å². The summed E-state index contributed by atoms with van der Waals surface area (Å²) in [6.07, 6.45) is 0.132. The van der Waals surface area contributed by atoms with E-state index in [4.69, 9.17) is 21.1 Å². The van der Waals surface area contributed by atoms with Crippen LogP contribution in [0, 0.1) is 0 Å². The molecular weight excluding hydrogens is 368 g/mol. The molecule has 7 heteroatoms. The number of ether oxygens (including phenoxy) is 2. The number of nitrogens with one attached hydrogen (secondary N) is 2. The van der Waals surface area contributed by atoms with E-state index in [1.807, 2.05) is 13.8 Å². The predicted molar refractivity (Wildman–Crippen MR) is 106 cm³/mol. The number of rotatable bonds is 9. The quantitative estimate of drug-likeness (QED) is 0.680. The summed E-state index contributed by atoms with van der Waals surface area (Å²) in [5, 5.41) is 5.84. The lowest BCUT2D eigenvalue weighted by Gasteiger charge is -2.13. The van der Waals surface area contributed by atoms with Crippen LogP contribution in [0.25, 0.3) is 0 Å². The van der Waals surface area contributed by atoms with E-state index in [1.165, 1.54) is 0 Å². The van der Waals surface area contributed by atoms with Crippen LogP contribution in [0.4, 0.5) is 5.69 Å². The number of amides is 2. The minimum atomic E-state index is -0.312.